The fraction of sp³-hybridized carbons (Fsp3) is 0.846. The second-order valence-electron chi connectivity index (χ2n) is 5.98. The molecule has 1 fully saturated rings. The van der Waals surface area contributed by atoms with Crippen LogP contribution in [-0.2, 0) is 4.57 Å². The van der Waals surface area contributed by atoms with Crippen LogP contribution < -0.4 is 4.89 Å². The normalized spacial score (nSPS) is 38.0. The Morgan fingerprint density at radius 2 is 1.87 bits per heavy atom. The van der Waals surface area contributed by atoms with Crippen LogP contribution in [0.4, 0.5) is 26.3 Å². The summed E-state index contributed by atoms with van der Waals surface area (Å²) in [5.74, 6) is -16.3. The van der Waals surface area contributed by atoms with E-state index in [1.54, 1.807) is 0 Å². The van der Waals surface area contributed by atoms with Gasteiger partial charge in [0.05, 0.1) is 5.16 Å². The van der Waals surface area contributed by atoms with Crippen molar-refractivity contribution in [2.24, 2.45) is 0 Å². The Morgan fingerprint density at radius 1 is 1.30 bits per heavy atom. The highest BCUT2D eigenvalue weighted by atomic mass is 35.5. The van der Waals surface area contributed by atoms with Gasteiger partial charge in [0.15, 0.2) is 0 Å². The summed E-state index contributed by atoms with van der Waals surface area (Å²) < 4.78 is 95.4. The summed E-state index contributed by atoms with van der Waals surface area (Å²) in [5, 5.41) is -5.83. The van der Waals surface area contributed by atoms with Gasteiger partial charge in [-0.05, 0) is 25.4 Å². The standard InChI is InChI=1S/C13H16ClF6O2P/c1-2-23(21,22)10(8-5-3-4-6-8)7-11(15,16)13(19,20)12(17,18)9(10)14/h5,9H,2-4,6-7H2,1H3,(H,21,22)/p-1. The zero-order valence-corrected chi connectivity index (χ0v) is 13.8. The number of allylic oxidation sites excluding steroid dienone is 2. The van der Waals surface area contributed by atoms with Crippen LogP contribution in [0.15, 0.2) is 11.6 Å². The van der Waals surface area contributed by atoms with Crippen LogP contribution in [-0.4, -0.2) is 34.5 Å². The van der Waals surface area contributed by atoms with Crippen molar-refractivity contribution in [2.75, 3.05) is 6.16 Å². The maximum absolute atomic E-state index is 14.0. The minimum absolute atomic E-state index is 0.0345. The van der Waals surface area contributed by atoms with E-state index in [-0.39, 0.29) is 12.0 Å². The zero-order chi connectivity index (χ0) is 17.9. The molecule has 3 atom stereocenters. The second-order valence-corrected chi connectivity index (χ2v) is 9.19. The summed E-state index contributed by atoms with van der Waals surface area (Å²) in [4.78, 5) is 12.5. The molecular formula is C13H15ClF6O2P-. The third-order valence-electron chi connectivity index (χ3n) is 4.73. The van der Waals surface area contributed by atoms with Gasteiger partial charge in [-0.2, -0.15) is 26.3 Å². The van der Waals surface area contributed by atoms with Gasteiger partial charge in [-0.15, -0.1) is 11.6 Å². The number of alkyl halides is 7. The van der Waals surface area contributed by atoms with Gasteiger partial charge in [-0.1, -0.05) is 18.6 Å². The first-order valence-corrected chi connectivity index (χ1v) is 9.30. The maximum atomic E-state index is 14.0. The van der Waals surface area contributed by atoms with Crippen LogP contribution in [0, 0.1) is 0 Å². The molecule has 0 radical (unpaired) electrons. The van der Waals surface area contributed by atoms with Crippen LogP contribution in [0.25, 0.3) is 0 Å². The molecule has 0 bridgehead atoms. The third-order valence-corrected chi connectivity index (χ3v) is 8.28. The first kappa shape index (κ1) is 19.1. The van der Waals surface area contributed by atoms with Crippen molar-refractivity contribution < 1.29 is 35.8 Å². The Bertz CT molecular complexity index is 579. The summed E-state index contributed by atoms with van der Waals surface area (Å²) in [5.41, 5.74) is -0.201. The van der Waals surface area contributed by atoms with Crippen LogP contribution in [0.5, 0.6) is 0 Å². The Kier molecular flexibility index (Phi) is 4.49. The van der Waals surface area contributed by atoms with E-state index in [1.165, 1.54) is 6.08 Å². The van der Waals surface area contributed by atoms with Crippen LogP contribution in [0.1, 0.15) is 32.6 Å². The molecule has 0 N–H and O–H groups in total. The molecule has 3 unspecified atom stereocenters. The van der Waals surface area contributed by atoms with E-state index in [2.05, 4.69) is 0 Å². The van der Waals surface area contributed by atoms with Crippen molar-refractivity contribution in [1.29, 1.82) is 0 Å². The molecule has 2 rings (SSSR count). The fourth-order valence-electron chi connectivity index (χ4n) is 3.38. The van der Waals surface area contributed by atoms with E-state index in [9.17, 15) is 35.8 Å². The summed E-state index contributed by atoms with van der Waals surface area (Å²) in [6, 6.07) is 0. The summed E-state index contributed by atoms with van der Waals surface area (Å²) in [6.07, 6.45) is -0.767. The van der Waals surface area contributed by atoms with E-state index < -0.39 is 48.3 Å². The molecule has 0 aliphatic heterocycles. The topological polar surface area (TPSA) is 40.1 Å². The lowest BCUT2D eigenvalue weighted by Crippen LogP contribution is -2.71. The number of rotatable bonds is 3. The highest BCUT2D eigenvalue weighted by molar-refractivity contribution is 7.58. The predicted octanol–water partition coefficient (Wildman–Crippen LogP) is 4.41. The lowest BCUT2D eigenvalue weighted by Gasteiger charge is -2.56. The minimum Gasteiger partial charge on any atom is -0.799 e. The van der Waals surface area contributed by atoms with Gasteiger partial charge in [0, 0.05) is 13.8 Å². The van der Waals surface area contributed by atoms with Gasteiger partial charge in [0.2, 0.25) is 0 Å². The molecule has 1 saturated carbocycles. The molecule has 2 aliphatic rings. The molecule has 2 aliphatic carbocycles. The van der Waals surface area contributed by atoms with E-state index in [0.717, 1.165) is 6.92 Å². The highest BCUT2D eigenvalue weighted by Crippen LogP contribution is 2.71. The van der Waals surface area contributed by atoms with Gasteiger partial charge >= 0.3 is 17.8 Å². The van der Waals surface area contributed by atoms with Crippen LogP contribution >= 0.6 is 19.0 Å². The molecule has 0 aromatic heterocycles. The fourth-order valence-corrected chi connectivity index (χ4v) is 6.33. The molecule has 0 aromatic rings. The van der Waals surface area contributed by atoms with Crippen LogP contribution in [0.2, 0.25) is 0 Å². The third kappa shape index (κ3) is 2.31. The van der Waals surface area contributed by atoms with Crippen molar-refractivity contribution in [3.05, 3.63) is 11.6 Å². The lowest BCUT2D eigenvalue weighted by atomic mass is 9.75. The van der Waals surface area contributed by atoms with Crippen molar-refractivity contribution in [2.45, 2.75) is 60.9 Å². The van der Waals surface area contributed by atoms with Gasteiger partial charge in [-0.25, -0.2) is 0 Å². The summed E-state index contributed by atoms with van der Waals surface area (Å²) >= 11 is 5.51. The quantitative estimate of drug-likeness (QED) is 0.313. The van der Waals surface area contributed by atoms with Crippen LogP contribution in [0.3, 0.4) is 0 Å². The molecular weight excluding hydrogens is 369 g/mol. The largest absolute Gasteiger partial charge is 0.799 e. The van der Waals surface area contributed by atoms with Gasteiger partial charge in [-0.3, -0.25) is 0 Å². The number of hydrogen-bond donors (Lipinski definition) is 0. The van der Waals surface area contributed by atoms with Crippen molar-refractivity contribution in [3.8, 4) is 0 Å². The Hall–Kier alpha value is -0.200. The summed E-state index contributed by atoms with van der Waals surface area (Å²) in [6.45, 7) is 1.09. The zero-order valence-electron chi connectivity index (χ0n) is 12.1. The first-order valence-electron chi connectivity index (χ1n) is 7.05. The van der Waals surface area contributed by atoms with Gasteiger partial charge < -0.3 is 9.46 Å². The average Bonchev–Trinajstić information content (AvgIpc) is 2.96. The first-order chi connectivity index (χ1) is 10.3. The average molecular weight is 384 g/mol. The molecule has 0 amide bonds. The molecule has 2 nitrogen and oxygen atoms in total. The molecule has 10 heteroatoms. The van der Waals surface area contributed by atoms with Gasteiger partial charge in [0.25, 0.3) is 0 Å². The van der Waals surface area contributed by atoms with Crippen molar-refractivity contribution in [3.63, 3.8) is 0 Å². The molecule has 0 heterocycles. The van der Waals surface area contributed by atoms with Crippen molar-refractivity contribution >= 4 is 19.0 Å². The van der Waals surface area contributed by atoms with Crippen molar-refractivity contribution in [1.82, 2.24) is 0 Å². The number of hydrogen-bond acceptors (Lipinski definition) is 2. The second kappa shape index (κ2) is 5.40. The smallest absolute Gasteiger partial charge is 0.373 e. The van der Waals surface area contributed by atoms with E-state index >= 15 is 0 Å². The summed E-state index contributed by atoms with van der Waals surface area (Å²) in [7, 11) is -4.94. The van der Waals surface area contributed by atoms with E-state index in [1.807, 2.05) is 0 Å². The van der Waals surface area contributed by atoms with Gasteiger partial charge in [0.1, 0.15) is 5.38 Å². The van der Waals surface area contributed by atoms with E-state index in [4.69, 9.17) is 11.6 Å². The Labute approximate surface area is 134 Å². The highest BCUT2D eigenvalue weighted by Gasteiger charge is 2.83. The number of halogens is 7. The molecule has 23 heavy (non-hydrogen) atoms. The SMILES string of the molecule is CCP(=O)([O-])C1(C2=CCCC2)CC(F)(F)C(F)(F)C(F)(F)C1Cl. The Balaban J connectivity index is 2.75. The lowest BCUT2D eigenvalue weighted by molar-refractivity contribution is -0.332. The predicted molar refractivity (Wildman–Crippen MR) is 71.9 cm³/mol. The Morgan fingerprint density at radius 3 is 2.30 bits per heavy atom. The monoisotopic (exact) mass is 383 g/mol. The molecule has 0 aromatic carbocycles. The minimum atomic E-state index is -5.72. The van der Waals surface area contributed by atoms with E-state index in [0.29, 0.717) is 12.8 Å². The molecule has 134 valence electrons. The molecule has 0 spiro atoms. The molecule has 0 saturated heterocycles. The maximum Gasteiger partial charge on any atom is 0.373 e.